The molecule has 0 saturated heterocycles. The van der Waals surface area contributed by atoms with Gasteiger partial charge >= 0.3 is 0 Å². The summed E-state index contributed by atoms with van der Waals surface area (Å²) in [4.78, 5) is 9.38. The van der Waals surface area contributed by atoms with E-state index in [1.54, 1.807) is 6.20 Å². The van der Waals surface area contributed by atoms with Gasteiger partial charge in [-0.15, -0.1) is 5.73 Å². The monoisotopic (exact) mass is 404 g/mol. The van der Waals surface area contributed by atoms with Crippen molar-refractivity contribution in [2.24, 2.45) is 10.9 Å². The lowest BCUT2D eigenvalue weighted by molar-refractivity contribution is 0.438. The van der Waals surface area contributed by atoms with Crippen LogP contribution >= 0.6 is 11.6 Å². The maximum Gasteiger partial charge on any atom is 0.234 e. The predicted octanol–water partition coefficient (Wildman–Crippen LogP) is 7.42. The fourth-order valence-corrected chi connectivity index (χ4v) is 3.93. The molecule has 2 aliphatic carbocycles. The minimum absolute atomic E-state index is 0.546. The lowest BCUT2D eigenvalue weighted by Crippen LogP contribution is -2.15. The Morgan fingerprint density at radius 3 is 2.66 bits per heavy atom. The highest BCUT2D eigenvalue weighted by Crippen LogP contribution is 2.28. The van der Waals surface area contributed by atoms with E-state index < -0.39 is 0 Å². The van der Waals surface area contributed by atoms with Crippen molar-refractivity contribution in [3.8, 4) is 11.3 Å². The molecule has 3 nitrogen and oxygen atoms in total. The summed E-state index contributed by atoms with van der Waals surface area (Å²) in [5, 5.41) is 0.698. The molecular weight excluding hydrogens is 380 g/mol. The van der Waals surface area contributed by atoms with Gasteiger partial charge in [0, 0.05) is 22.4 Å². The standard InChI is InChI=1S/C25H25ClN2O/c1-17-8-9-21(12-15-23(17)28-18(2)19-6-4-3-5-7-19)25-27-16-24(29-25)20-10-13-22(26)14-11-20/h8-11,13-16,19H,3-7H2,1-2H3. The van der Waals surface area contributed by atoms with Gasteiger partial charge in [-0.05, 0) is 68.5 Å². The number of benzene rings is 1. The zero-order valence-electron chi connectivity index (χ0n) is 16.9. The number of oxazole rings is 1. The molecule has 0 aliphatic heterocycles. The molecule has 1 heterocycles. The predicted molar refractivity (Wildman–Crippen MR) is 120 cm³/mol. The average molecular weight is 405 g/mol. The zero-order chi connectivity index (χ0) is 20.2. The van der Waals surface area contributed by atoms with Crippen LogP contribution in [0.1, 0.15) is 51.8 Å². The number of aliphatic imine (C=N–C) groups is 1. The molecule has 4 heteroatoms. The number of nitrogens with zero attached hydrogens (tertiary/aromatic N) is 2. The Balaban J connectivity index is 1.58. The lowest BCUT2D eigenvalue weighted by Gasteiger charge is -2.21. The summed E-state index contributed by atoms with van der Waals surface area (Å²) in [6.45, 7) is 4.25. The third-order valence-corrected chi connectivity index (χ3v) is 5.88. The van der Waals surface area contributed by atoms with E-state index in [0.29, 0.717) is 22.6 Å². The van der Waals surface area contributed by atoms with Gasteiger partial charge in [-0.25, -0.2) is 4.98 Å². The zero-order valence-corrected chi connectivity index (χ0v) is 17.7. The number of rotatable bonds is 4. The van der Waals surface area contributed by atoms with Gasteiger partial charge in [0.05, 0.1) is 17.5 Å². The molecule has 0 radical (unpaired) electrons. The highest BCUT2D eigenvalue weighted by atomic mass is 35.5. The Labute approximate surface area is 177 Å². The van der Waals surface area contributed by atoms with E-state index in [-0.39, 0.29) is 0 Å². The minimum atomic E-state index is 0.546. The molecule has 0 bridgehead atoms. The Bertz CT molecular complexity index is 1040. The molecule has 0 amide bonds. The van der Waals surface area contributed by atoms with Crippen LogP contribution in [0.4, 0.5) is 0 Å². The molecule has 1 aromatic heterocycles. The van der Waals surface area contributed by atoms with Gasteiger partial charge in [-0.1, -0.05) is 36.9 Å². The summed E-state index contributed by atoms with van der Waals surface area (Å²) in [5.74, 6) is 1.87. The van der Waals surface area contributed by atoms with E-state index in [9.17, 15) is 0 Å². The van der Waals surface area contributed by atoms with Crippen molar-refractivity contribution in [2.45, 2.75) is 46.0 Å². The first kappa shape index (κ1) is 19.7. The molecule has 0 atom stereocenters. The maximum absolute atomic E-state index is 5.97. The summed E-state index contributed by atoms with van der Waals surface area (Å²) in [6, 6.07) is 7.53. The molecule has 0 spiro atoms. The minimum Gasteiger partial charge on any atom is -0.436 e. The Morgan fingerprint density at radius 2 is 1.90 bits per heavy atom. The van der Waals surface area contributed by atoms with Crippen LogP contribution in [0.15, 0.2) is 75.1 Å². The van der Waals surface area contributed by atoms with Gasteiger partial charge in [0.15, 0.2) is 5.76 Å². The molecule has 2 aliphatic rings. The van der Waals surface area contributed by atoms with Crippen molar-refractivity contribution < 1.29 is 4.42 Å². The van der Waals surface area contributed by atoms with Crippen molar-refractivity contribution in [1.29, 1.82) is 0 Å². The van der Waals surface area contributed by atoms with Crippen LogP contribution in [0.5, 0.6) is 0 Å². The van der Waals surface area contributed by atoms with E-state index in [4.69, 9.17) is 21.0 Å². The third-order valence-electron chi connectivity index (χ3n) is 5.63. The van der Waals surface area contributed by atoms with Crippen LogP contribution in [-0.4, -0.2) is 10.7 Å². The smallest absolute Gasteiger partial charge is 0.234 e. The normalized spacial score (nSPS) is 18.2. The molecule has 1 aromatic carbocycles. The number of hydrogen-bond donors (Lipinski definition) is 0. The van der Waals surface area contributed by atoms with E-state index in [1.807, 2.05) is 36.4 Å². The van der Waals surface area contributed by atoms with Crippen LogP contribution in [0, 0.1) is 5.92 Å². The lowest BCUT2D eigenvalue weighted by atomic mass is 9.86. The first-order valence-electron chi connectivity index (χ1n) is 10.2. The highest BCUT2D eigenvalue weighted by molar-refractivity contribution is 6.30. The molecule has 0 unspecified atom stereocenters. The SMILES string of the molecule is CC(=NC1=C(C)C=CC(c2ncc(-c3ccc(Cl)cc3)o2)=C=C1)C1CCCCC1. The van der Waals surface area contributed by atoms with Crippen LogP contribution in [-0.2, 0) is 0 Å². The average Bonchev–Trinajstić information content (AvgIpc) is 3.16. The van der Waals surface area contributed by atoms with E-state index in [2.05, 4.69) is 30.6 Å². The first-order valence-corrected chi connectivity index (χ1v) is 10.6. The molecule has 0 N–H and O–H groups in total. The van der Waals surface area contributed by atoms with Crippen LogP contribution in [0.2, 0.25) is 5.02 Å². The molecule has 1 fully saturated rings. The molecule has 4 rings (SSSR count). The van der Waals surface area contributed by atoms with Gasteiger partial charge in [0.2, 0.25) is 5.89 Å². The largest absolute Gasteiger partial charge is 0.436 e. The second-order valence-corrected chi connectivity index (χ2v) is 8.17. The highest BCUT2D eigenvalue weighted by Gasteiger charge is 2.17. The number of allylic oxidation sites excluding steroid dienone is 4. The summed E-state index contributed by atoms with van der Waals surface area (Å²) in [6.07, 6.45) is 14.2. The van der Waals surface area contributed by atoms with Crippen molar-refractivity contribution in [3.05, 3.63) is 76.6 Å². The molecule has 29 heavy (non-hydrogen) atoms. The second kappa shape index (κ2) is 8.82. The van der Waals surface area contributed by atoms with Gasteiger partial charge in [0.25, 0.3) is 0 Å². The Hall–Kier alpha value is -2.61. The van der Waals surface area contributed by atoms with Gasteiger partial charge in [-0.2, -0.15) is 0 Å². The Kier molecular flexibility index (Phi) is 5.99. The van der Waals surface area contributed by atoms with E-state index in [0.717, 1.165) is 22.4 Å². The first-order chi connectivity index (χ1) is 14.1. The Morgan fingerprint density at radius 1 is 1.14 bits per heavy atom. The molecule has 2 aromatic rings. The van der Waals surface area contributed by atoms with Crippen molar-refractivity contribution in [2.75, 3.05) is 0 Å². The van der Waals surface area contributed by atoms with Crippen LogP contribution in [0.3, 0.4) is 0 Å². The van der Waals surface area contributed by atoms with E-state index >= 15 is 0 Å². The number of hydrogen-bond acceptors (Lipinski definition) is 3. The van der Waals surface area contributed by atoms with Gasteiger partial charge < -0.3 is 4.42 Å². The van der Waals surface area contributed by atoms with Crippen LogP contribution < -0.4 is 0 Å². The number of halogens is 1. The van der Waals surface area contributed by atoms with Crippen molar-refractivity contribution in [3.63, 3.8) is 0 Å². The number of aromatic nitrogens is 1. The van der Waals surface area contributed by atoms with Crippen molar-refractivity contribution in [1.82, 2.24) is 4.98 Å². The maximum atomic E-state index is 5.97. The summed E-state index contributed by atoms with van der Waals surface area (Å²) >= 11 is 5.97. The molecular formula is C25H25ClN2O. The summed E-state index contributed by atoms with van der Waals surface area (Å²) in [7, 11) is 0. The second-order valence-electron chi connectivity index (χ2n) is 7.73. The van der Waals surface area contributed by atoms with E-state index in [1.165, 1.54) is 37.8 Å². The van der Waals surface area contributed by atoms with Crippen molar-refractivity contribution >= 4 is 22.9 Å². The van der Waals surface area contributed by atoms with Gasteiger partial charge in [-0.3, -0.25) is 4.99 Å². The fraction of sp³-hybridized carbons (Fsp3) is 0.320. The third kappa shape index (κ3) is 4.70. The quantitative estimate of drug-likeness (QED) is 0.392. The fourth-order valence-electron chi connectivity index (χ4n) is 3.80. The molecule has 1 saturated carbocycles. The van der Waals surface area contributed by atoms with Crippen LogP contribution in [0.25, 0.3) is 16.9 Å². The van der Waals surface area contributed by atoms with Gasteiger partial charge in [0.1, 0.15) is 0 Å². The summed E-state index contributed by atoms with van der Waals surface area (Å²) < 4.78 is 5.97. The topological polar surface area (TPSA) is 38.4 Å². The summed E-state index contributed by atoms with van der Waals surface area (Å²) in [5.41, 5.74) is 8.39. The molecule has 148 valence electrons.